The van der Waals surface area contributed by atoms with Gasteiger partial charge in [-0.3, -0.25) is 14.9 Å². The first-order chi connectivity index (χ1) is 12.0. The molecule has 0 aromatic rings. The molecule has 2 unspecified atom stereocenters. The van der Waals surface area contributed by atoms with Crippen molar-refractivity contribution in [1.29, 1.82) is 0 Å². The van der Waals surface area contributed by atoms with E-state index >= 15 is 0 Å². The molecule has 6 heteroatoms. The van der Waals surface area contributed by atoms with Gasteiger partial charge in [-0.25, -0.2) is 0 Å². The topological polar surface area (TPSA) is 61.4 Å². The van der Waals surface area contributed by atoms with Gasteiger partial charge in [0.2, 0.25) is 11.8 Å². The lowest BCUT2D eigenvalue weighted by Crippen LogP contribution is -2.54. The zero-order chi connectivity index (χ0) is 18.3. The predicted molar refractivity (Wildman–Crippen MR) is 105 cm³/mol. The molecule has 144 valence electrons. The van der Waals surface area contributed by atoms with E-state index < -0.39 is 0 Å². The van der Waals surface area contributed by atoms with Crippen LogP contribution in [0.4, 0.5) is 0 Å². The van der Waals surface area contributed by atoms with Gasteiger partial charge in [-0.05, 0) is 25.2 Å². The number of amides is 2. The molecule has 2 N–H and O–H groups in total. The Kier molecular flexibility index (Phi) is 8.07. The van der Waals surface area contributed by atoms with E-state index in [1.807, 2.05) is 16.7 Å². The minimum atomic E-state index is -0.0964. The minimum Gasteiger partial charge on any atom is -0.354 e. The summed E-state index contributed by atoms with van der Waals surface area (Å²) in [5.74, 6) is 1.78. The number of thioether (sulfide) groups is 1. The molecule has 5 nitrogen and oxygen atoms in total. The Balaban J connectivity index is 1.74. The summed E-state index contributed by atoms with van der Waals surface area (Å²) in [5.41, 5.74) is 0. The maximum Gasteiger partial charge on any atom is 0.238 e. The number of nitrogens with one attached hydrogen (secondary N) is 2. The third-order valence-electron chi connectivity index (χ3n) is 5.52. The van der Waals surface area contributed by atoms with Gasteiger partial charge < -0.3 is 10.2 Å². The highest BCUT2D eigenvalue weighted by Crippen LogP contribution is 2.39. The van der Waals surface area contributed by atoms with Crippen molar-refractivity contribution in [2.24, 2.45) is 5.92 Å². The molecule has 2 aliphatic rings. The lowest BCUT2D eigenvalue weighted by Gasteiger charge is -2.39. The molecule has 2 rings (SSSR count). The van der Waals surface area contributed by atoms with Crippen molar-refractivity contribution in [3.63, 3.8) is 0 Å². The molecule has 0 radical (unpaired) electrons. The standard InChI is InChI=1S/C19H35N3O2S/c1-4-6-7-8-17(23)22-11-9-19(10-12-22)21-16(14-25-19)18(24)20-13-15(3)5-2/h15-16,21H,4-14H2,1-3H3,(H,20,24). The van der Waals surface area contributed by atoms with Crippen LogP contribution in [0.3, 0.4) is 0 Å². The van der Waals surface area contributed by atoms with Crippen LogP contribution >= 0.6 is 11.8 Å². The highest BCUT2D eigenvalue weighted by atomic mass is 32.2. The van der Waals surface area contributed by atoms with Crippen LogP contribution in [0, 0.1) is 5.92 Å². The molecule has 25 heavy (non-hydrogen) atoms. The van der Waals surface area contributed by atoms with Crippen LogP contribution in [0.5, 0.6) is 0 Å². The first-order valence-electron chi connectivity index (χ1n) is 9.96. The fourth-order valence-electron chi connectivity index (χ4n) is 3.42. The third-order valence-corrected chi connectivity index (χ3v) is 7.10. The molecule has 0 aliphatic carbocycles. The molecule has 2 aliphatic heterocycles. The second-order valence-electron chi connectivity index (χ2n) is 7.60. The van der Waals surface area contributed by atoms with Gasteiger partial charge in [-0.2, -0.15) is 0 Å². The smallest absolute Gasteiger partial charge is 0.238 e. The Morgan fingerprint density at radius 2 is 2.00 bits per heavy atom. The molecule has 0 saturated carbocycles. The van der Waals surface area contributed by atoms with Crippen molar-refractivity contribution in [2.45, 2.75) is 76.6 Å². The van der Waals surface area contributed by atoms with Crippen molar-refractivity contribution in [1.82, 2.24) is 15.5 Å². The van der Waals surface area contributed by atoms with Crippen LogP contribution in [0.1, 0.15) is 65.7 Å². The maximum atomic E-state index is 12.4. The van der Waals surface area contributed by atoms with E-state index in [4.69, 9.17) is 0 Å². The van der Waals surface area contributed by atoms with E-state index in [-0.39, 0.29) is 16.8 Å². The van der Waals surface area contributed by atoms with Crippen molar-refractivity contribution in [3.8, 4) is 0 Å². The number of nitrogens with zero attached hydrogens (tertiary/aromatic N) is 1. The van der Waals surface area contributed by atoms with Gasteiger partial charge in [0.15, 0.2) is 0 Å². The molecule has 2 fully saturated rings. The van der Waals surface area contributed by atoms with E-state index in [0.29, 0.717) is 18.2 Å². The molecular weight excluding hydrogens is 334 g/mol. The first-order valence-corrected chi connectivity index (χ1v) is 11.0. The van der Waals surface area contributed by atoms with Gasteiger partial charge in [-0.15, -0.1) is 11.8 Å². The molecule has 2 heterocycles. The Morgan fingerprint density at radius 1 is 1.28 bits per heavy atom. The molecule has 0 aromatic heterocycles. The summed E-state index contributed by atoms with van der Waals surface area (Å²) in [4.78, 5) is 26.6. The zero-order valence-electron chi connectivity index (χ0n) is 16.1. The van der Waals surface area contributed by atoms with E-state index in [2.05, 4.69) is 31.4 Å². The SMILES string of the molecule is CCCCCC(=O)N1CCC2(CC1)NC(C(=O)NCC(C)CC)CS2. The van der Waals surface area contributed by atoms with Gasteiger partial charge >= 0.3 is 0 Å². The molecule has 2 saturated heterocycles. The van der Waals surface area contributed by atoms with E-state index in [1.165, 1.54) is 0 Å². The monoisotopic (exact) mass is 369 g/mol. The molecule has 0 bridgehead atoms. The van der Waals surface area contributed by atoms with Crippen LogP contribution in [0.25, 0.3) is 0 Å². The van der Waals surface area contributed by atoms with Gasteiger partial charge in [0.25, 0.3) is 0 Å². The van der Waals surface area contributed by atoms with E-state index in [0.717, 1.165) is 63.9 Å². The number of hydrogen-bond donors (Lipinski definition) is 2. The highest BCUT2D eigenvalue weighted by Gasteiger charge is 2.44. The van der Waals surface area contributed by atoms with Gasteiger partial charge in [-0.1, -0.05) is 40.0 Å². The number of likely N-dealkylation sites (tertiary alicyclic amines) is 1. The van der Waals surface area contributed by atoms with Crippen molar-refractivity contribution >= 4 is 23.6 Å². The van der Waals surface area contributed by atoms with Gasteiger partial charge in [0.1, 0.15) is 0 Å². The second kappa shape index (κ2) is 9.81. The Labute approximate surface area is 157 Å². The maximum absolute atomic E-state index is 12.4. The summed E-state index contributed by atoms with van der Waals surface area (Å²) in [6.45, 7) is 8.84. The third kappa shape index (κ3) is 5.88. The Morgan fingerprint density at radius 3 is 2.64 bits per heavy atom. The van der Waals surface area contributed by atoms with Crippen LogP contribution < -0.4 is 10.6 Å². The van der Waals surface area contributed by atoms with Crippen molar-refractivity contribution in [3.05, 3.63) is 0 Å². The van der Waals surface area contributed by atoms with Gasteiger partial charge in [0, 0.05) is 31.8 Å². The van der Waals surface area contributed by atoms with E-state index in [9.17, 15) is 9.59 Å². The van der Waals surface area contributed by atoms with Crippen molar-refractivity contribution in [2.75, 3.05) is 25.4 Å². The number of piperidine rings is 1. The van der Waals surface area contributed by atoms with Crippen LogP contribution in [-0.4, -0.2) is 53.0 Å². The summed E-state index contributed by atoms with van der Waals surface area (Å²) in [6, 6.07) is -0.0964. The summed E-state index contributed by atoms with van der Waals surface area (Å²) in [6.07, 6.45) is 6.92. The molecule has 2 amide bonds. The normalized spacial score (nSPS) is 23.6. The molecule has 1 spiro atoms. The predicted octanol–water partition coefficient (Wildman–Crippen LogP) is 2.75. The van der Waals surface area contributed by atoms with Crippen LogP contribution in [0.15, 0.2) is 0 Å². The van der Waals surface area contributed by atoms with Gasteiger partial charge in [0.05, 0.1) is 10.9 Å². The molecule has 2 atom stereocenters. The number of hydrogen-bond acceptors (Lipinski definition) is 4. The lowest BCUT2D eigenvalue weighted by atomic mass is 10.0. The first kappa shape index (κ1) is 20.6. The quantitative estimate of drug-likeness (QED) is 0.646. The highest BCUT2D eigenvalue weighted by molar-refractivity contribution is 8.01. The number of carbonyl (C=O) groups excluding carboxylic acids is 2. The minimum absolute atomic E-state index is 0.0153. The fraction of sp³-hybridized carbons (Fsp3) is 0.895. The second-order valence-corrected chi connectivity index (χ2v) is 9.00. The Bertz CT molecular complexity index is 450. The van der Waals surface area contributed by atoms with Crippen LogP contribution in [0.2, 0.25) is 0 Å². The van der Waals surface area contributed by atoms with E-state index in [1.54, 1.807) is 0 Å². The summed E-state index contributed by atoms with van der Waals surface area (Å²) >= 11 is 1.87. The fourth-order valence-corrected chi connectivity index (χ4v) is 4.83. The Hall–Kier alpha value is -0.750. The molecular formula is C19H35N3O2S. The summed E-state index contributed by atoms with van der Waals surface area (Å²) < 4.78 is 0. The van der Waals surface area contributed by atoms with Crippen molar-refractivity contribution < 1.29 is 9.59 Å². The number of unbranched alkanes of at least 4 members (excludes halogenated alkanes) is 2. The lowest BCUT2D eigenvalue weighted by molar-refractivity contribution is -0.132. The summed E-state index contributed by atoms with van der Waals surface area (Å²) in [7, 11) is 0. The number of rotatable bonds is 8. The average molecular weight is 370 g/mol. The summed E-state index contributed by atoms with van der Waals surface area (Å²) in [5, 5.41) is 6.65. The average Bonchev–Trinajstić information content (AvgIpc) is 3.03. The van der Waals surface area contributed by atoms with Crippen LogP contribution in [-0.2, 0) is 9.59 Å². The molecule has 0 aromatic carbocycles. The largest absolute Gasteiger partial charge is 0.354 e. The number of carbonyl (C=O) groups is 2. The zero-order valence-corrected chi connectivity index (χ0v) is 16.9.